The highest BCUT2D eigenvalue weighted by molar-refractivity contribution is 5.82. The van der Waals surface area contributed by atoms with E-state index in [-0.39, 0.29) is 30.4 Å². The summed E-state index contributed by atoms with van der Waals surface area (Å²) in [7, 11) is 0. The van der Waals surface area contributed by atoms with Gasteiger partial charge in [-0.15, -0.1) is 0 Å². The molecule has 0 saturated carbocycles. The van der Waals surface area contributed by atoms with Gasteiger partial charge in [-0.1, -0.05) is 43.3 Å². The van der Waals surface area contributed by atoms with Gasteiger partial charge < -0.3 is 14.9 Å². The smallest absolute Gasteiger partial charge is 0.223 e. The minimum atomic E-state index is -0.428. The molecule has 2 aliphatic rings. The third kappa shape index (κ3) is 2.98. The normalized spacial score (nSPS) is 21.5. The van der Waals surface area contributed by atoms with E-state index >= 15 is 0 Å². The molecule has 0 aromatic heterocycles. The zero-order valence-corrected chi connectivity index (χ0v) is 17.2. The maximum atomic E-state index is 12.6. The number of rotatable bonds is 4. The molecule has 2 saturated heterocycles. The SMILES string of the molecule is CCC(=O)N1[C@H](CO)[C@@H](c2ccc(-c3ccc(C#N)cc3)cc2)C12CN(C(C)=O)C2. The number of aliphatic hydroxyl groups is 1. The number of carbonyl (C=O) groups is 2. The van der Waals surface area contributed by atoms with Crippen molar-refractivity contribution in [3.63, 3.8) is 0 Å². The maximum absolute atomic E-state index is 12.6. The summed E-state index contributed by atoms with van der Waals surface area (Å²) in [6.45, 7) is 4.28. The Morgan fingerprint density at radius 1 is 1.10 bits per heavy atom. The Morgan fingerprint density at radius 2 is 1.67 bits per heavy atom. The van der Waals surface area contributed by atoms with Gasteiger partial charge >= 0.3 is 0 Å². The Hall–Kier alpha value is -3.17. The van der Waals surface area contributed by atoms with Crippen LogP contribution in [0, 0.1) is 11.3 Å². The molecule has 30 heavy (non-hydrogen) atoms. The van der Waals surface area contributed by atoms with Crippen LogP contribution in [0.4, 0.5) is 0 Å². The number of nitrogens with zero attached hydrogens (tertiary/aromatic N) is 3. The molecular weight excluding hydrogens is 378 g/mol. The molecule has 1 N–H and O–H groups in total. The van der Waals surface area contributed by atoms with Crippen molar-refractivity contribution >= 4 is 11.8 Å². The van der Waals surface area contributed by atoms with Crippen LogP contribution in [0.2, 0.25) is 0 Å². The summed E-state index contributed by atoms with van der Waals surface area (Å²) >= 11 is 0. The van der Waals surface area contributed by atoms with Crippen LogP contribution in [0.3, 0.4) is 0 Å². The number of likely N-dealkylation sites (tertiary alicyclic amines) is 2. The first kappa shape index (κ1) is 20.1. The molecule has 0 radical (unpaired) electrons. The topological polar surface area (TPSA) is 84.6 Å². The van der Waals surface area contributed by atoms with Crippen LogP contribution in [0.5, 0.6) is 0 Å². The highest BCUT2D eigenvalue weighted by Gasteiger charge is 2.67. The number of nitriles is 1. The average Bonchev–Trinajstić information content (AvgIpc) is 2.72. The van der Waals surface area contributed by atoms with Crippen LogP contribution in [0.1, 0.15) is 37.3 Å². The lowest BCUT2D eigenvalue weighted by Crippen LogP contribution is -2.85. The summed E-state index contributed by atoms with van der Waals surface area (Å²) in [5.41, 5.74) is 3.32. The van der Waals surface area contributed by atoms with Gasteiger partial charge in [0, 0.05) is 32.4 Å². The Labute approximate surface area is 176 Å². The van der Waals surface area contributed by atoms with Gasteiger partial charge in [-0.3, -0.25) is 9.59 Å². The van der Waals surface area contributed by atoms with Crippen LogP contribution in [0.15, 0.2) is 48.5 Å². The van der Waals surface area contributed by atoms with Crippen LogP contribution < -0.4 is 0 Å². The second-order valence-corrected chi connectivity index (χ2v) is 8.13. The standard InChI is InChI=1S/C24H25N3O3/c1-3-22(30)27-21(13-28)23(24(27)14-26(15-24)16(2)29)20-10-8-19(9-11-20)18-6-4-17(12-25)5-7-18/h4-11,21,23,28H,3,13-15H2,1-2H3/t21-,23-/m1/s1. The number of amides is 2. The summed E-state index contributed by atoms with van der Waals surface area (Å²) < 4.78 is 0. The summed E-state index contributed by atoms with van der Waals surface area (Å²) in [5, 5.41) is 19.0. The zero-order valence-electron chi connectivity index (χ0n) is 17.2. The fourth-order valence-electron chi connectivity index (χ4n) is 5.03. The van der Waals surface area contributed by atoms with Gasteiger partial charge in [0.2, 0.25) is 11.8 Å². The Balaban J connectivity index is 1.63. The van der Waals surface area contributed by atoms with E-state index in [1.54, 1.807) is 24.0 Å². The highest BCUT2D eigenvalue weighted by Crippen LogP contribution is 2.54. The van der Waals surface area contributed by atoms with Gasteiger partial charge in [-0.05, 0) is 28.8 Å². The van der Waals surface area contributed by atoms with Crippen molar-refractivity contribution in [2.75, 3.05) is 19.7 Å². The first-order valence-corrected chi connectivity index (χ1v) is 10.2. The number of hydrogen-bond acceptors (Lipinski definition) is 4. The summed E-state index contributed by atoms with van der Waals surface area (Å²) in [5.74, 6) is 0.0122. The molecule has 2 aliphatic heterocycles. The molecule has 2 fully saturated rings. The summed E-state index contributed by atoms with van der Waals surface area (Å²) in [6.07, 6.45) is 0.378. The summed E-state index contributed by atoms with van der Waals surface area (Å²) in [6, 6.07) is 17.5. The molecule has 6 heteroatoms. The lowest BCUT2D eigenvalue weighted by Gasteiger charge is -2.70. The monoisotopic (exact) mass is 403 g/mol. The van der Waals surface area contributed by atoms with Crippen molar-refractivity contribution < 1.29 is 14.7 Å². The van der Waals surface area contributed by atoms with E-state index in [1.807, 2.05) is 48.2 Å². The van der Waals surface area contributed by atoms with E-state index in [1.165, 1.54) is 0 Å². The summed E-state index contributed by atoms with van der Waals surface area (Å²) in [4.78, 5) is 28.0. The third-order valence-corrected chi connectivity index (χ3v) is 6.53. The molecule has 4 rings (SSSR count). The van der Waals surface area contributed by atoms with E-state index in [4.69, 9.17) is 5.26 Å². The van der Waals surface area contributed by atoms with Crippen LogP contribution in [-0.2, 0) is 9.59 Å². The van der Waals surface area contributed by atoms with Crippen LogP contribution >= 0.6 is 0 Å². The third-order valence-electron chi connectivity index (χ3n) is 6.53. The maximum Gasteiger partial charge on any atom is 0.223 e. The largest absolute Gasteiger partial charge is 0.394 e. The van der Waals surface area contributed by atoms with Crippen molar-refractivity contribution in [2.45, 2.75) is 37.8 Å². The van der Waals surface area contributed by atoms with Crippen molar-refractivity contribution in [1.29, 1.82) is 5.26 Å². The van der Waals surface area contributed by atoms with E-state index in [2.05, 4.69) is 6.07 Å². The zero-order chi connectivity index (χ0) is 21.5. The minimum absolute atomic E-state index is 0.00637. The fourth-order valence-corrected chi connectivity index (χ4v) is 5.03. The lowest BCUT2D eigenvalue weighted by atomic mass is 9.60. The van der Waals surface area contributed by atoms with Gasteiger partial charge in [0.1, 0.15) is 0 Å². The molecule has 6 nitrogen and oxygen atoms in total. The van der Waals surface area contributed by atoms with Gasteiger partial charge in [0.15, 0.2) is 0 Å². The van der Waals surface area contributed by atoms with Crippen LogP contribution in [-0.4, -0.2) is 58.0 Å². The molecular formula is C24H25N3O3. The fraction of sp³-hybridized carbons (Fsp3) is 0.375. The van der Waals surface area contributed by atoms with Crippen LogP contribution in [0.25, 0.3) is 11.1 Å². The molecule has 0 bridgehead atoms. The van der Waals surface area contributed by atoms with Gasteiger partial charge in [0.25, 0.3) is 0 Å². The Bertz CT molecular complexity index is 1000. The number of aliphatic hydroxyl groups excluding tert-OH is 1. The first-order chi connectivity index (χ1) is 14.4. The second kappa shape index (κ2) is 7.58. The molecule has 2 amide bonds. The van der Waals surface area contributed by atoms with Crippen molar-refractivity contribution in [1.82, 2.24) is 9.80 Å². The number of carbonyl (C=O) groups excluding carboxylic acids is 2. The Kier molecular flexibility index (Phi) is 5.08. The number of benzene rings is 2. The molecule has 154 valence electrons. The molecule has 0 aliphatic carbocycles. The lowest BCUT2D eigenvalue weighted by molar-refractivity contribution is -0.202. The predicted octanol–water partition coefficient (Wildman–Crippen LogP) is 2.52. The molecule has 2 aromatic rings. The average molecular weight is 403 g/mol. The second-order valence-electron chi connectivity index (χ2n) is 8.13. The molecule has 2 aromatic carbocycles. The predicted molar refractivity (Wildman–Crippen MR) is 112 cm³/mol. The van der Waals surface area contributed by atoms with Gasteiger partial charge in [-0.2, -0.15) is 5.26 Å². The van der Waals surface area contributed by atoms with E-state index in [0.29, 0.717) is 25.1 Å². The molecule has 1 spiro atoms. The van der Waals surface area contributed by atoms with Crippen molar-refractivity contribution in [3.8, 4) is 17.2 Å². The number of hydrogen-bond donors (Lipinski definition) is 1. The first-order valence-electron chi connectivity index (χ1n) is 10.2. The molecule has 2 heterocycles. The van der Waals surface area contributed by atoms with Crippen molar-refractivity contribution in [2.24, 2.45) is 0 Å². The molecule has 2 atom stereocenters. The Morgan fingerprint density at radius 3 is 2.13 bits per heavy atom. The van der Waals surface area contributed by atoms with E-state index < -0.39 is 5.54 Å². The quantitative estimate of drug-likeness (QED) is 0.850. The van der Waals surface area contributed by atoms with Gasteiger partial charge in [-0.25, -0.2) is 0 Å². The van der Waals surface area contributed by atoms with Gasteiger partial charge in [0.05, 0.1) is 29.8 Å². The highest BCUT2D eigenvalue weighted by atomic mass is 16.3. The van der Waals surface area contributed by atoms with Crippen molar-refractivity contribution in [3.05, 3.63) is 59.7 Å². The minimum Gasteiger partial charge on any atom is -0.394 e. The van der Waals surface area contributed by atoms with E-state index in [9.17, 15) is 14.7 Å². The molecule has 0 unspecified atom stereocenters. The van der Waals surface area contributed by atoms with E-state index in [0.717, 1.165) is 16.7 Å².